The number of aliphatic hydroxyl groups excluding tert-OH is 1. The highest BCUT2D eigenvalue weighted by Gasteiger charge is 2.24. The van der Waals surface area contributed by atoms with Gasteiger partial charge in [-0.15, -0.1) is 11.3 Å². The normalized spacial score (nSPS) is 24.9. The van der Waals surface area contributed by atoms with Gasteiger partial charge >= 0.3 is 5.97 Å². The van der Waals surface area contributed by atoms with Crippen LogP contribution in [0.1, 0.15) is 23.1 Å². The van der Waals surface area contributed by atoms with E-state index in [2.05, 4.69) is 11.8 Å². The number of thiophene rings is 1. The zero-order valence-corrected chi connectivity index (χ0v) is 11.8. The third kappa shape index (κ3) is 4.16. The van der Waals surface area contributed by atoms with Gasteiger partial charge in [0, 0.05) is 28.9 Å². The Morgan fingerprint density at radius 2 is 2.37 bits per heavy atom. The highest BCUT2D eigenvalue weighted by Crippen LogP contribution is 2.23. The largest absolute Gasteiger partial charge is 0.478 e. The number of likely N-dealkylation sites (tertiary alicyclic amines) is 1. The Morgan fingerprint density at radius 3 is 3.05 bits per heavy atom. The van der Waals surface area contributed by atoms with Crippen LogP contribution in [0.2, 0.25) is 0 Å². The van der Waals surface area contributed by atoms with Crippen molar-refractivity contribution in [2.24, 2.45) is 5.92 Å². The van der Waals surface area contributed by atoms with E-state index in [-0.39, 0.29) is 6.10 Å². The molecule has 0 saturated carbocycles. The maximum Gasteiger partial charge on any atom is 0.328 e. The zero-order valence-electron chi connectivity index (χ0n) is 11.0. The second-order valence-electron chi connectivity index (χ2n) is 5.04. The Morgan fingerprint density at radius 1 is 1.58 bits per heavy atom. The van der Waals surface area contributed by atoms with E-state index in [9.17, 15) is 9.90 Å². The number of β-amino-alcohol motifs (C(OH)–C–C–N with tert-alkyl or cyclic N) is 1. The minimum absolute atomic E-state index is 0.236. The van der Waals surface area contributed by atoms with Crippen LogP contribution in [0, 0.1) is 5.92 Å². The van der Waals surface area contributed by atoms with Gasteiger partial charge in [0.05, 0.1) is 6.10 Å². The second-order valence-corrected chi connectivity index (χ2v) is 6.24. The van der Waals surface area contributed by atoms with E-state index >= 15 is 0 Å². The Hall–Kier alpha value is -1.17. The molecule has 0 amide bonds. The number of carboxylic acids is 1. The molecule has 4 nitrogen and oxygen atoms in total. The van der Waals surface area contributed by atoms with Crippen molar-refractivity contribution in [3.05, 3.63) is 28.0 Å². The third-order valence-electron chi connectivity index (χ3n) is 3.45. The molecule has 2 unspecified atom stereocenters. The molecule has 0 aromatic carbocycles. The Labute approximate surface area is 117 Å². The summed E-state index contributed by atoms with van der Waals surface area (Å²) in [5, 5.41) is 18.4. The summed E-state index contributed by atoms with van der Waals surface area (Å²) in [7, 11) is 0. The first-order valence-corrected chi connectivity index (χ1v) is 7.26. The number of hydrogen-bond acceptors (Lipinski definition) is 4. The van der Waals surface area contributed by atoms with Crippen molar-refractivity contribution in [1.29, 1.82) is 0 Å². The Bertz CT molecular complexity index is 469. The maximum atomic E-state index is 10.4. The quantitative estimate of drug-likeness (QED) is 0.829. The van der Waals surface area contributed by atoms with Crippen LogP contribution in [0.25, 0.3) is 6.08 Å². The van der Waals surface area contributed by atoms with E-state index in [0.29, 0.717) is 5.92 Å². The first-order valence-electron chi connectivity index (χ1n) is 6.44. The van der Waals surface area contributed by atoms with Gasteiger partial charge in [-0.3, -0.25) is 4.90 Å². The standard InChI is InChI=1S/C14H19NO3S/c1-10-6-7-15(9-13(10)16)8-12-3-2-11(19-12)4-5-14(17)18/h2-5,10,13,16H,6-9H2,1H3,(H,17,18)/b5-4+. The lowest BCUT2D eigenvalue weighted by atomic mass is 9.96. The monoisotopic (exact) mass is 281 g/mol. The summed E-state index contributed by atoms with van der Waals surface area (Å²) in [5.41, 5.74) is 0. The minimum Gasteiger partial charge on any atom is -0.478 e. The molecule has 2 N–H and O–H groups in total. The second kappa shape index (κ2) is 6.32. The van der Waals surface area contributed by atoms with Crippen molar-refractivity contribution in [1.82, 2.24) is 4.90 Å². The fraction of sp³-hybridized carbons (Fsp3) is 0.500. The highest BCUT2D eigenvalue weighted by atomic mass is 32.1. The Balaban J connectivity index is 1.91. The van der Waals surface area contributed by atoms with Crippen LogP contribution < -0.4 is 0 Å². The number of carboxylic acid groups (broad SMARTS) is 1. The maximum absolute atomic E-state index is 10.4. The molecule has 1 aliphatic rings. The molecule has 1 fully saturated rings. The molecule has 104 valence electrons. The highest BCUT2D eigenvalue weighted by molar-refractivity contribution is 7.12. The van der Waals surface area contributed by atoms with Crippen molar-refractivity contribution >= 4 is 23.4 Å². The molecule has 0 radical (unpaired) electrons. The van der Waals surface area contributed by atoms with Crippen molar-refractivity contribution in [2.75, 3.05) is 13.1 Å². The number of rotatable bonds is 4. The van der Waals surface area contributed by atoms with E-state index in [1.165, 1.54) is 4.88 Å². The minimum atomic E-state index is -0.928. The van der Waals surface area contributed by atoms with Crippen molar-refractivity contribution < 1.29 is 15.0 Å². The van der Waals surface area contributed by atoms with E-state index in [1.807, 2.05) is 12.1 Å². The lowest BCUT2D eigenvalue weighted by Gasteiger charge is -2.33. The molecule has 19 heavy (non-hydrogen) atoms. The summed E-state index contributed by atoms with van der Waals surface area (Å²) in [6, 6.07) is 3.96. The predicted molar refractivity (Wildman–Crippen MR) is 76.1 cm³/mol. The molecule has 2 rings (SSSR count). The SMILES string of the molecule is CC1CCN(Cc2ccc(/C=C/C(=O)O)s2)CC1O. The van der Waals surface area contributed by atoms with Crippen LogP contribution in [-0.4, -0.2) is 40.3 Å². The van der Waals surface area contributed by atoms with Gasteiger partial charge in [-0.05, 0) is 37.1 Å². The number of aliphatic hydroxyl groups is 1. The molecular formula is C14H19NO3S. The van der Waals surface area contributed by atoms with Crippen LogP contribution >= 0.6 is 11.3 Å². The van der Waals surface area contributed by atoms with Crippen LogP contribution in [0.3, 0.4) is 0 Å². The van der Waals surface area contributed by atoms with E-state index in [0.717, 1.165) is 37.0 Å². The summed E-state index contributed by atoms with van der Waals surface area (Å²) in [5.74, 6) is -0.545. The average molecular weight is 281 g/mol. The molecule has 1 saturated heterocycles. The van der Waals surface area contributed by atoms with Crippen LogP contribution in [-0.2, 0) is 11.3 Å². The fourth-order valence-corrected chi connectivity index (χ4v) is 3.16. The first kappa shape index (κ1) is 14.2. The molecule has 2 atom stereocenters. The van der Waals surface area contributed by atoms with Crippen molar-refractivity contribution in [3.63, 3.8) is 0 Å². The molecule has 1 aliphatic heterocycles. The summed E-state index contributed by atoms with van der Waals surface area (Å²) >= 11 is 1.60. The van der Waals surface area contributed by atoms with Crippen LogP contribution in [0.4, 0.5) is 0 Å². The number of carbonyl (C=O) groups is 1. The van der Waals surface area contributed by atoms with Gasteiger partial charge in [-0.2, -0.15) is 0 Å². The van der Waals surface area contributed by atoms with Gasteiger partial charge in [0.2, 0.25) is 0 Å². The molecule has 1 aromatic rings. The number of aliphatic carboxylic acids is 1. The topological polar surface area (TPSA) is 60.8 Å². The van der Waals surface area contributed by atoms with E-state index < -0.39 is 5.97 Å². The first-order chi connectivity index (χ1) is 9.04. The van der Waals surface area contributed by atoms with Gasteiger partial charge in [0.25, 0.3) is 0 Å². The molecule has 0 bridgehead atoms. The molecule has 0 spiro atoms. The number of hydrogen-bond donors (Lipinski definition) is 2. The Kier molecular flexibility index (Phi) is 4.74. The third-order valence-corrected chi connectivity index (χ3v) is 4.49. The predicted octanol–water partition coefficient (Wildman–Crippen LogP) is 2.05. The molecule has 1 aromatic heterocycles. The van der Waals surface area contributed by atoms with Crippen LogP contribution in [0.15, 0.2) is 18.2 Å². The fourth-order valence-electron chi connectivity index (χ4n) is 2.20. The van der Waals surface area contributed by atoms with Crippen molar-refractivity contribution in [2.45, 2.75) is 26.0 Å². The number of piperidine rings is 1. The summed E-state index contributed by atoms with van der Waals surface area (Å²) < 4.78 is 0. The van der Waals surface area contributed by atoms with Crippen molar-refractivity contribution in [3.8, 4) is 0 Å². The summed E-state index contributed by atoms with van der Waals surface area (Å²) in [6.07, 6.45) is 3.56. The van der Waals surface area contributed by atoms with E-state index in [1.54, 1.807) is 17.4 Å². The molecule has 2 heterocycles. The van der Waals surface area contributed by atoms with Crippen LogP contribution in [0.5, 0.6) is 0 Å². The zero-order chi connectivity index (χ0) is 13.8. The van der Waals surface area contributed by atoms with Gasteiger partial charge in [-0.1, -0.05) is 6.92 Å². The van der Waals surface area contributed by atoms with Gasteiger partial charge in [0.15, 0.2) is 0 Å². The number of nitrogens with zero attached hydrogens (tertiary/aromatic N) is 1. The summed E-state index contributed by atoms with van der Waals surface area (Å²) in [4.78, 5) is 14.8. The molecule has 5 heteroatoms. The molecule has 0 aliphatic carbocycles. The smallest absolute Gasteiger partial charge is 0.328 e. The lowest BCUT2D eigenvalue weighted by molar-refractivity contribution is -0.131. The lowest BCUT2D eigenvalue weighted by Crippen LogP contribution is -2.42. The average Bonchev–Trinajstić information content (AvgIpc) is 2.79. The van der Waals surface area contributed by atoms with E-state index in [4.69, 9.17) is 5.11 Å². The molecular weight excluding hydrogens is 262 g/mol. The summed E-state index contributed by atoms with van der Waals surface area (Å²) in [6.45, 7) is 4.65. The van der Waals surface area contributed by atoms with Gasteiger partial charge in [0.1, 0.15) is 0 Å². The van der Waals surface area contributed by atoms with Gasteiger partial charge in [-0.25, -0.2) is 4.79 Å². The van der Waals surface area contributed by atoms with Gasteiger partial charge < -0.3 is 10.2 Å².